The normalized spacial score (nSPS) is 20.4. The van der Waals surface area contributed by atoms with Crippen molar-refractivity contribution in [3.8, 4) is 6.07 Å². The summed E-state index contributed by atoms with van der Waals surface area (Å²) in [6.07, 6.45) is 20.3. The lowest BCUT2D eigenvalue weighted by atomic mass is 9.79. The Morgan fingerprint density at radius 3 is 2.29 bits per heavy atom. The van der Waals surface area contributed by atoms with E-state index in [1.807, 2.05) is 0 Å². The molecule has 1 aliphatic carbocycles. The van der Waals surface area contributed by atoms with Crippen molar-refractivity contribution in [1.82, 2.24) is 0 Å². The Labute approximate surface area is 171 Å². The molecular weight excluding hydrogens is 345 g/mol. The van der Waals surface area contributed by atoms with Gasteiger partial charge in [-0.2, -0.15) is 9.65 Å². The van der Waals surface area contributed by atoms with Crippen LogP contribution in [0.2, 0.25) is 0 Å². The third kappa shape index (κ3) is 8.87. The van der Waals surface area contributed by atoms with Crippen LogP contribution < -0.4 is 0 Å². The minimum atomic E-state index is -0.715. The highest BCUT2D eigenvalue weighted by Gasteiger charge is 2.19. The molecule has 2 rings (SSSR count). The quantitative estimate of drug-likeness (QED) is 0.217. The van der Waals surface area contributed by atoms with Crippen molar-refractivity contribution in [3.63, 3.8) is 0 Å². The van der Waals surface area contributed by atoms with E-state index >= 15 is 0 Å². The van der Waals surface area contributed by atoms with Gasteiger partial charge >= 0.3 is 0 Å². The highest BCUT2D eigenvalue weighted by Crippen LogP contribution is 2.32. The van der Waals surface area contributed by atoms with Gasteiger partial charge in [-0.3, -0.25) is 0 Å². The Kier molecular flexibility index (Phi) is 10.7. The number of halogens is 1. The molecule has 0 saturated heterocycles. The molecule has 1 aliphatic rings. The van der Waals surface area contributed by atoms with Gasteiger partial charge in [-0.15, -0.1) is 0 Å². The summed E-state index contributed by atoms with van der Waals surface area (Å²) in [5.74, 6) is 0.636. The minimum Gasteiger partial charge on any atom is -0.195 e. The Morgan fingerprint density at radius 1 is 1.00 bits per heavy atom. The second-order valence-corrected chi connectivity index (χ2v) is 8.31. The molecule has 1 aromatic carbocycles. The number of nitriles is 1. The number of nitrogens with zero attached hydrogens (tertiary/aromatic N) is 1. The van der Waals surface area contributed by atoms with Crippen LogP contribution in [0, 0.1) is 23.2 Å². The van der Waals surface area contributed by atoms with Crippen LogP contribution >= 0.6 is 0 Å². The van der Waals surface area contributed by atoms with E-state index in [9.17, 15) is 4.39 Å². The molecular formula is C26H36FN. The summed E-state index contributed by atoms with van der Waals surface area (Å²) in [4.78, 5) is 0. The molecule has 0 spiro atoms. The van der Waals surface area contributed by atoms with Crippen molar-refractivity contribution in [3.05, 3.63) is 59.4 Å². The van der Waals surface area contributed by atoms with E-state index in [-0.39, 0.29) is 0 Å². The summed E-state index contributed by atoms with van der Waals surface area (Å²) >= 11 is 0. The first-order valence-electron chi connectivity index (χ1n) is 11.2. The van der Waals surface area contributed by atoms with Crippen LogP contribution in [0.15, 0.2) is 48.3 Å². The second-order valence-electron chi connectivity index (χ2n) is 8.31. The van der Waals surface area contributed by atoms with Gasteiger partial charge in [0.05, 0.1) is 0 Å². The fourth-order valence-corrected chi connectivity index (χ4v) is 4.18. The van der Waals surface area contributed by atoms with Crippen molar-refractivity contribution >= 4 is 0 Å². The average Bonchev–Trinajstić information content (AvgIpc) is 2.73. The van der Waals surface area contributed by atoms with E-state index in [2.05, 4.69) is 37.3 Å². The number of rotatable bonds is 11. The lowest BCUT2D eigenvalue weighted by Crippen LogP contribution is -2.13. The first-order chi connectivity index (χ1) is 13.7. The molecule has 1 saturated carbocycles. The Bertz CT molecular complexity index is 642. The molecule has 1 fully saturated rings. The molecule has 0 unspecified atom stereocenters. The van der Waals surface area contributed by atoms with E-state index in [0.29, 0.717) is 5.92 Å². The van der Waals surface area contributed by atoms with Crippen LogP contribution in [0.3, 0.4) is 0 Å². The molecule has 1 aromatic rings. The molecule has 1 nitrogen and oxygen atoms in total. The Morgan fingerprint density at radius 2 is 1.64 bits per heavy atom. The predicted octanol–water partition coefficient (Wildman–Crippen LogP) is 7.87. The maximum absolute atomic E-state index is 12.8. The molecule has 0 amide bonds. The zero-order valence-corrected chi connectivity index (χ0v) is 17.5. The second kappa shape index (κ2) is 13.3. The predicted molar refractivity (Wildman–Crippen MR) is 117 cm³/mol. The fourth-order valence-electron chi connectivity index (χ4n) is 4.18. The van der Waals surface area contributed by atoms with Crippen molar-refractivity contribution in [1.29, 1.82) is 5.26 Å². The SMILES string of the molecule is CCCCCCCc1ccc(CCC2CCC(/C=C/C=C(\F)C#N)CC2)cc1. The van der Waals surface area contributed by atoms with Gasteiger partial charge in [-0.05, 0) is 80.4 Å². The molecule has 0 aliphatic heterocycles. The molecule has 0 heterocycles. The van der Waals surface area contributed by atoms with Crippen molar-refractivity contribution in [2.75, 3.05) is 0 Å². The van der Waals surface area contributed by atoms with Crippen molar-refractivity contribution in [2.24, 2.45) is 11.8 Å². The molecule has 152 valence electrons. The molecule has 0 atom stereocenters. The van der Waals surface area contributed by atoms with Gasteiger partial charge in [0, 0.05) is 0 Å². The molecule has 0 aromatic heterocycles. The Hall–Kier alpha value is -1.88. The summed E-state index contributed by atoms with van der Waals surface area (Å²) in [5.41, 5.74) is 2.95. The van der Waals surface area contributed by atoms with Crippen LogP contribution in [0.25, 0.3) is 0 Å². The lowest BCUT2D eigenvalue weighted by Gasteiger charge is -2.26. The van der Waals surface area contributed by atoms with Crippen molar-refractivity contribution in [2.45, 2.75) is 84.0 Å². The van der Waals surface area contributed by atoms with Gasteiger partial charge in [0.15, 0.2) is 5.83 Å². The van der Waals surface area contributed by atoms with Crippen LogP contribution in [0.5, 0.6) is 0 Å². The molecule has 0 radical (unpaired) electrons. The molecule has 28 heavy (non-hydrogen) atoms. The molecule has 0 bridgehead atoms. The highest BCUT2D eigenvalue weighted by molar-refractivity contribution is 5.23. The number of unbranched alkanes of at least 4 members (excludes halogenated alkanes) is 4. The number of hydrogen-bond acceptors (Lipinski definition) is 1. The van der Waals surface area contributed by atoms with Gasteiger partial charge in [0.25, 0.3) is 0 Å². The largest absolute Gasteiger partial charge is 0.199 e. The van der Waals surface area contributed by atoms with Gasteiger partial charge in [0.1, 0.15) is 6.07 Å². The first kappa shape index (κ1) is 22.4. The van der Waals surface area contributed by atoms with E-state index in [1.165, 1.54) is 100 Å². The van der Waals surface area contributed by atoms with E-state index in [0.717, 1.165) is 5.92 Å². The van der Waals surface area contributed by atoms with E-state index in [4.69, 9.17) is 5.26 Å². The first-order valence-corrected chi connectivity index (χ1v) is 11.2. The summed E-state index contributed by atoms with van der Waals surface area (Å²) in [5, 5.41) is 8.41. The third-order valence-corrected chi connectivity index (χ3v) is 6.06. The number of benzene rings is 1. The smallest absolute Gasteiger partial charge is 0.195 e. The topological polar surface area (TPSA) is 23.8 Å². The maximum Gasteiger partial charge on any atom is 0.199 e. The number of allylic oxidation sites excluding steroid dienone is 4. The third-order valence-electron chi connectivity index (χ3n) is 6.06. The van der Waals surface area contributed by atoms with Gasteiger partial charge in [-0.1, -0.05) is 69.0 Å². The van der Waals surface area contributed by atoms with Crippen molar-refractivity contribution < 1.29 is 4.39 Å². The van der Waals surface area contributed by atoms with Gasteiger partial charge in [0.2, 0.25) is 0 Å². The minimum absolute atomic E-state index is 0.538. The number of hydrogen-bond donors (Lipinski definition) is 0. The molecule has 0 N–H and O–H groups in total. The summed E-state index contributed by atoms with van der Waals surface area (Å²) in [6, 6.07) is 10.8. The average molecular weight is 382 g/mol. The highest BCUT2D eigenvalue weighted by atomic mass is 19.1. The summed E-state index contributed by atoms with van der Waals surface area (Å²) in [7, 11) is 0. The fraction of sp³-hybridized carbons (Fsp3) is 0.577. The summed E-state index contributed by atoms with van der Waals surface area (Å²) in [6.45, 7) is 2.26. The number of aryl methyl sites for hydroxylation is 2. The lowest BCUT2D eigenvalue weighted by molar-refractivity contribution is 0.296. The van der Waals surface area contributed by atoms with Crippen LogP contribution in [0.1, 0.15) is 82.3 Å². The molecule has 2 heteroatoms. The Balaban J connectivity index is 1.63. The van der Waals surface area contributed by atoms with Gasteiger partial charge < -0.3 is 0 Å². The maximum atomic E-state index is 12.8. The van der Waals surface area contributed by atoms with Crippen LogP contribution in [-0.2, 0) is 12.8 Å². The van der Waals surface area contributed by atoms with Crippen LogP contribution in [0.4, 0.5) is 4.39 Å². The monoisotopic (exact) mass is 381 g/mol. The zero-order valence-electron chi connectivity index (χ0n) is 17.5. The van der Waals surface area contributed by atoms with E-state index < -0.39 is 5.83 Å². The summed E-state index contributed by atoms with van der Waals surface area (Å²) < 4.78 is 12.8. The van der Waals surface area contributed by atoms with Gasteiger partial charge in [-0.25, -0.2) is 0 Å². The zero-order chi connectivity index (χ0) is 20.0. The van der Waals surface area contributed by atoms with Crippen LogP contribution in [-0.4, -0.2) is 0 Å². The standard InChI is InChI=1S/C26H36FN/c1-2-3-4-5-6-8-22-11-15-24(16-12-22)19-20-25-17-13-23(14-18-25)9-7-10-26(27)21-28/h7,9-12,15-16,23,25H,2-6,8,13-14,17-20H2,1H3/b9-7+,26-10-. The van der Waals surface area contributed by atoms with E-state index in [1.54, 1.807) is 6.08 Å².